The highest BCUT2D eigenvalue weighted by atomic mass is 32.2. The van der Waals surface area contributed by atoms with Gasteiger partial charge in [0.15, 0.2) is 15.9 Å². The first-order chi connectivity index (χ1) is 13.3. The summed E-state index contributed by atoms with van der Waals surface area (Å²) >= 11 is 0. The molecule has 0 N–H and O–H groups in total. The zero-order chi connectivity index (χ0) is 20.5. The van der Waals surface area contributed by atoms with Crippen molar-refractivity contribution in [2.45, 2.75) is 45.9 Å². The van der Waals surface area contributed by atoms with Crippen molar-refractivity contribution in [2.24, 2.45) is 0 Å². The molecule has 2 aromatic rings. The number of rotatable bonds is 6. The lowest BCUT2D eigenvalue weighted by molar-refractivity contribution is -0.141. The molecule has 10 heteroatoms. The van der Waals surface area contributed by atoms with Crippen molar-refractivity contribution in [3.63, 3.8) is 0 Å². The highest BCUT2D eigenvalue weighted by Crippen LogP contribution is 2.20. The van der Waals surface area contributed by atoms with E-state index in [1.165, 1.54) is 11.8 Å². The van der Waals surface area contributed by atoms with Gasteiger partial charge in [-0.1, -0.05) is 5.21 Å². The number of esters is 1. The number of aryl methyl sites for hydroxylation is 1. The van der Waals surface area contributed by atoms with Gasteiger partial charge in [-0.2, -0.15) is 0 Å². The highest BCUT2D eigenvalue weighted by Gasteiger charge is 2.36. The Labute approximate surface area is 163 Å². The second-order valence-electron chi connectivity index (χ2n) is 6.84. The molecule has 1 amide bonds. The van der Waals surface area contributed by atoms with Crippen molar-refractivity contribution in [3.05, 3.63) is 23.8 Å². The molecule has 0 aliphatic carbocycles. The van der Waals surface area contributed by atoms with Crippen LogP contribution in [0.25, 0.3) is 11.0 Å². The van der Waals surface area contributed by atoms with Crippen LogP contribution in [-0.4, -0.2) is 70.4 Å². The minimum Gasteiger partial charge on any atom is -0.449 e. The minimum atomic E-state index is -3.11. The third-order valence-electron chi connectivity index (χ3n) is 4.95. The van der Waals surface area contributed by atoms with E-state index in [4.69, 9.17) is 4.74 Å². The van der Waals surface area contributed by atoms with E-state index in [0.29, 0.717) is 25.0 Å². The predicted molar refractivity (Wildman–Crippen MR) is 103 cm³/mol. The fourth-order valence-electron chi connectivity index (χ4n) is 3.46. The zero-order valence-electron chi connectivity index (χ0n) is 16.2. The number of hydrogen-bond acceptors (Lipinski definition) is 7. The van der Waals surface area contributed by atoms with Crippen molar-refractivity contribution in [3.8, 4) is 0 Å². The van der Waals surface area contributed by atoms with Crippen LogP contribution in [-0.2, 0) is 25.9 Å². The highest BCUT2D eigenvalue weighted by molar-refractivity contribution is 7.91. The molecule has 0 bridgehead atoms. The van der Waals surface area contributed by atoms with E-state index in [2.05, 4.69) is 10.3 Å². The van der Waals surface area contributed by atoms with Gasteiger partial charge in [-0.05, 0) is 45.4 Å². The number of amides is 1. The number of fused-ring (bicyclic) bond motifs is 1. The van der Waals surface area contributed by atoms with Gasteiger partial charge in [-0.15, -0.1) is 5.10 Å². The maximum absolute atomic E-state index is 12.7. The average molecular weight is 408 g/mol. The third-order valence-corrected chi connectivity index (χ3v) is 6.70. The Morgan fingerprint density at radius 3 is 2.71 bits per heavy atom. The number of nitrogens with zero attached hydrogens (tertiary/aromatic N) is 4. The number of carbonyl (C=O) groups is 2. The summed E-state index contributed by atoms with van der Waals surface area (Å²) in [6.07, 6.45) is -0.607. The average Bonchev–Trinajstić information content (AvgIpc) is 3.24. The van der Waals surface area contributed by atoms with E-state index in [1.54, 1.807) is 29.8 Å². The van der Waals surface area contributed by atoms with Crippen LogP contribution in [0.5, 0.6) is 0 Å². The standard InChI is InChI=1S/C18H24N4O5S/c1-4-21(14-8-9-28(25,26)11-14)17(23)12(3)27-18(24)13-6-7-16-15(10-13)19-20-22(16)5-2/h6-7,10,12,14H,4-5,8-9,11H2,1-3H3/t12-,14+/m1/s1. The molecular weight excluding hydrogens is 384 g/mol. The molecule has 1 aromatic heterocycles. The first-order valence-corrected chi connectivity index (χ1v) is 11.1. The summed E-state index contributed by atoms with van der Waals surface area (Å²) in [4.78, 5) is 26.7. The van der Waals surface area contributed by atoms with E-state index in [-0.39, 0.29) is 23.1 Å². The van der Waals surface area contributed by atoms with E-state index < -0.39 is 27.8 Å². The van der Waals surface area contributed by atoms with E-state index in [9.17, 15) is 18.0 Å². The van der Waals surface area contributed by atoms with Crippen LogP contribution < -0.4 is 0 Å². The van der Waals surface area contributed by atoms with E-state index >= 15 is 0 Å². The lowest BCUT2D eigenvalue weighted by atomic mass is 10.2. The van der Waals surface area contributed by atoms with Crippen molar-refractivity contribution < 1.29 is 22.7 Å². The summed E-state index contributed by atoms with van der Waals surface area (Å²) in [5.74, 6) is -0.995. The summed E-state index contributed by atoms with van der Waals surface area (Å²) < 4.78 is 30.5. The lowest BCUT2D eigenvalue weighted by Gasteiger charge is -2.29. The fraction of sp³-hybridized carbons (Fsp3) is 0.556. The summed E-state index contributed by atoms with van der Waals surface area (Å²) in [6.45, 7) is 6.24. The lowest BCUT2D eigenvalue weighted by Crippen LogP contribution is -2.46. The van der Waals surface area contributed by atoms with Crippen molar-refractivity contribution in [1.82, 2.24) is 19.9 Å². The van der Waals surface area contributed by atoms with Crippen LogP contribution in [0.4, 0.5) is 0 Å². The number of sulfone groups is 1. The Morgan fingerprint density at radius 2 is 2.11 bits per heavy atom. The van der Waals surface area contributed by atoms with Crippen LogP contribution in [0, 0.1) is 0 Å². The molecule has 1 aliphatic rings. The van der Waals surface area contributed by atoms with Gasteiger partial charge in [0, 0.05) is 19.1 Å². The summed E-state index contributed by atoms with van der Waals surface area (Å²) in [6, 6.07) is 4.56. The Morgan fingerprint density at radius 1 is 1.36 bits per heavy atom. The van der Waals surface area contributed by atoms with E-state index in [0.717, 1.165) is 5.52 Å². The molecule has 1 saturated heterocycles. The number of carbonyl (C=O) groups excluding carboxylic acids is 2. The molecule has 152 valence electrons. The molecule has 1 aromatic carbocycles. The minimum absolute atomic E-state index is 0.0446. The van der Waals surface area contributed by atoms with Gasteiger partial charge in [0.25, 0.3) is 5.91 Å². The molecule has 0 spiro atoms. The van der Waals surface area contributed by atoms with Gasteiger partial charge in [0.2, 0.25) is 0 Å². The quantitative estimate of drug-likeness (QED) is 0.656. The van der Waals surface area contributed by atoms with Crippen molar-refractivity contribution in [1.29, 1.82) is 0 Å². The van der Waals surface area contributed by atoms with Crippen LogP contribution in [0.15, 0.2) is 18.2 Å². The second-order valence-corrected chi connectivity index (χ2v) is 9.07. The largest absolute Gasteiger partial charge is 0.449 e. The molecule has 1 aliphatic heterocycles. The van der Waals surface area contributed by atoms with Crippen LogP contribution in [0.1, 0.15) is 37.6 Å². The monoisotopic (exact) mass is 408 g/mol. The molecule has 3 rings (SSSR count). The first kappa shape index (κ1) is 20.2. The molecule has 2 atom stereocenters. The van der Waals surface area contributed by atoms with Crippen molar-refractivity contribution >= 4 is 32.7 Å². The van der Waals surface area contributed by atoms with Gasteiger partial charge in [0.05, 0.1) is 22.6 Å². The zero-order valence-corrected chi connectivity index (χ0v) is 17.0. The molecule has 2 heterocycles. The number of hydrogen-bond donors (Lipinski definition) is 0. The number of ether oxygens (including phenoxy) is 1. The molecule has 1 fully saturated rings. The Hall–Kier alpha value is -2.49. The SMILES string of the molecule is CCN(C(=O)[C@@H](C)OC(=O)c1ccc2c(c1)nnn2CC)[C@H]1CCS(=O)(=O)C1. The van der Waals surface area contributed by atoms with Gasteiger partial charge in [0.1, 0.15) is 5.52 Å². The topological polar surface area (TPSA) is 111 Å². The molecule has 0 unspecified atom stereocenters. The molecular formula is C18H24N4O5S. The molecule has 28 heavy (non-hydrogen) atoms. The van der Waals surface area contributed by atoms with Crippen LogP contribution in [0.2, 0.25) is 0 Å². The number of likely N-dealkylation sites (N-methyl/N-ethyl adjacent to an activating group) is 1. The molecule has 9 nitrogen and oxygen atoms in total. The normalized spacial score (nSPS) is 19.5. The number of benzene rings is 1. The Bertz CT molecular complexity index is 1000. The summed E-state index contributed by atoms with van der Waals surface area (Å²) in [5, 5.41) is 8.03. The fourth-order valence-corrected chi connectivity index (χ4v) is 5.19. The smallest absolute Gasteiger partial charge is 0.338 e. The third kappa shape index (κ3) is 4.01. The maximum atomic E-state index is 12.7. The van der Waals surface area contributed by atoms with Crippen LogP contribution >= 0.6 is 0 Å². The van der Waals surface area contributed by atoms with Gasteiger partial charge < -0.3 is 9.64 Å². The van der Waals surface area contributed by atoms with Crippen LogP contribution in [0.3, 0.4) is 0 Å². The molecule has 0 radical (unpaired) electrons. The summed E-state index contributed by atoms with van der Waals surface area (Å²) in [7, 11) is -3.11. The predicted octanol–water partition coefficient (Wildman–Crippen LogP) is 1.03. The Balaban J connectivity index is 1.69. The van der Waals surface area contributed by atoms with Crippen molar-refractivity contribution in [2.75, 3.05) is 18.1 Å². The van der Waals surface area contributed by atoms with Gasteiger partial charge in [-0.25, -0.2) is 17.9 Å². The van der Waals surface area contributed by atoms with E-state index in [1.807, 2.05) is 6.92 Å². The number of aromatic nitrogens is 3. The van der Waals surface area contributed by atoms with Gasteiger partial charge >= 0.3 is 5.97 Å². The second kappa shape index (κ2) is 7.86. The Kier molecular flexibility index (Phi) is 5.69. The summed E-state index contributed by atoms with van der Waals surface area (Å²) in [5.41, 5.74) is 1.66. The maximum Gasteiger partial charge on any atom is 0.338 e. The first-order valence-electron chi connectivity index (χ1n) is 9.31. The van der Waals surface area contributed by atoms with Gasteiger partial charge in [-0.3, -0.25) is 4.79 Å². The molecule has 0 saturated carbocycles.